The van der Waals surface area contributed by atoms with E-state index in [4.69, 9.17) is 9.15 Å². The third-order valence-electron chi connectivity index (χ3n) is 6.05. The number of benzene rings is 1. The van der Waals surface area contributed by atoms with Crippen LogP contribution in [0.4, 0.5) is 4.79 Å². The Balaban J connectivity index is 1.52. The molecule has 3 heterocycles. The molecule has 1 aromatic heterocycles. The van der Waals surface area contributed by atoms with Crippen molar-refractivity contribution in [1.82, 2.24) is 20.4 Å². The number of carbonyl (C=O) groups is 3. The van der Waals surface area contributed by atoms with E-state index in [9.17, 15) is 14.4 Å². The lowest BCUT2D eigenvalue weighted by molar-refractivity contribution is -0.136. The number of furan rings is 1. The molecule has 2 aromatic rings. The average Bonchev–Trinajstić information content (AvgIpc) is 3.38. The molecule has 0 aliphatic carbocycles. The second kappa shape index (κ2) is 9.91. The van der Waals surface area contributed by atoms with Gasteiger partial charge in [-0.25, -0.2) is 9.59 Å². The van der Waals surface area contributed by atoms with Crippen LogP contribution in [-0.4, -0.2) is 67.5 Å². The van der Waals surface area contributed by atoms with Crippen molar-refractivity contribution in [2.24, 2.45) is 0 Å². The van der Waals surface area contributed by atoms with Gasteiger partial charge in [0, 0.05) is 38.4 Å². The topological polar surface area (TPSA) is 104 Å². The predicted octanol–water partition coefficient (Wildman–Crippen LogP) is 2.08. The van der Waals surface area contributed by atoms with E-state index in [1.54, 1.807) is 17.0 Å². The lowest BCUT2D eigenvalue weighted by Crippen LogP contribution is -2.52. The molecule has 1 saturated heterocycles. The van der Waals surface area contributed by atoms with Crippen molar-refractivity contribution in [2.75, 3.05) is 39.8 Å². The second-order valence-corrected chi connectivity index (χ2v) is 8.06. The van der Waals surface area contributed by atoms with Crippen molar-refractivity contribution in [1.29, 1.82) is 0 Å². The molecule has 0 bridgehead atoms. The quantitative estimate of drug-likeness (QED) is 0.651. The number of amides is 3. The van der Waals surface area contributed by atoms with Crippen molar-refractivity contribution < 1.29 is 23.5 Å². The summed E-state index contributed by atoms with van der Waals surface area (Å²) in [6.45, 7) is 4.68. The minimum Gasteiger partial charge on any atom is -0.466 e. The highest BCUT2D eigenvalue weighted by Crippen LogP contribution is 2.28. The minimum atomic E-state index is -0.603. The van der Waals surface area contributed by atoms with Crippen molar-refractivity contribution in [3.05, 3.63) is 70.8 Å². The normalized spacial score (nSPS) is 19.2. The number of hydrogen-bond acceptors (Lipinski definition) is 6. The van der Waals surface area contributed by atoms with Crippen LogP contribution in [0.5, 0.6) is 0 Å². The molecule has 9 heteroatoms. The van der Waals surface area contributed by atoms with Gasteiger partial charge in [-0.15, -0.1) is 0 Å². The van der Waals surface area contributed by atoms with Gasteiger partial charge in [0.2, 0.25) is 0 Å². The highest BCUT2D eigenvalue weighted by molar-refractivity contribution is 5.95. The number of carbonyl (C=O) groups excluding carboxylic acids is 3. The number of piperazine rings is 1. The lowest BCUT2D eigenvalue weighted by Gasteiger charge is -2.36. The molecule has 4 rings (SSSR count). The van der Waals surface area contributed by atoms with Crippen LogP contribution in [0.3, 0.4) is 0 Å². The van der Waals surface area contributed by atoms with Crippen LogP contribution in [0.15, 0.2) is 58.3 Å². The van der Waals surface area contributed by atoms with Crippen LogP contribution in [-0.2, 0) is 16.0 Å². The van der Waals surface area contributed by atoms with Crippen LogP contribution in [0.25, 0.3) is 0 Å². The first-order chi connectivity index (χ1) is 16.0. The summed E-state index contributed by atoms with van der Waals surface area (Å²) in [5.41, 5.74) is 2.88. The summed E-state index contributed by atoms with van der Waals surface area (Å²) in [7, 11) is 1.33. The van der Waals surface area contributed by atoms with E-state index in [0.29, 0.717) is 49.8 Å². The fourth-order valence-corrected chi connectivity index (χ4v) is 4.18. The maximum Gasteiger partial charge on any atom is 0.338 e. The first-order valence-electron chi connectivity index (χ1n) is 11.0. The molecule has 3 amide bonds. The highest BCUT2D eigenvalue weighted by atomic mass is 16.5. The van der Waals surface area contributed by atoms with Crippen molar-refractivity contribution in [2.45, 2.75) is 19.4 Å². The number of urea groups is 1. The van der Waals surface area contributed by atoms with Crippen LogP contribution >= 0.6 is 0 Å². The Labute approximate surface area is 192 Å². The number of hydrogen-bond donors (Lipinski definition) is 2. The Hall–Kier alpha value is -3.59. The molecular formula is C24H28N4O5. The molecular weight excluding hydrogens is 424 g/mol. The number of ether oxygens (including phenoxy) is 1. The smallest absolute Gasteiger partial charge is 0.338 e. The van der Waals surface area contributed by atoms with E-state index in [0.717, 1.165) is 12.0 Å². The SMILES string of the molecule is CCc1ccc([C@@H]2NC(=O)NC(CN3CCN(C(=O)c4ccco4)CC3)=C2C(=O)OC)cc1. The van der Waals surface area contributed by atoms with Gasteiger partial charge in [0.15, 0.2) is 5.76 Å². The molecule has 2 aliphatic heterocycles. The zero-order chi connectivity index (χ0) is 23.4. The monoisotopic (exact) mass is 452 g/mol. The molecule has 33 heavy (non-hydrogen) atoms. The van der Waals surface area contributed by atoms with E-state index in [1.807, 2.05) is 24.3 Å². The molecule has 174 valence electrons. The molecule has 0 spiro atoms. The maximum absolute atomic E-state index is 12.8. The van der Waals surface area contributed by atoms with Gasteiger partial charge in [-0.1, -0.05) is 31.2 Å². The van der Waals surface area contributed by atoms with E-state index in [2.05, 4.69) is 22.5 Å². The third kappa shape index (κ3) is 4.93. The van der Waals surface area contributed by atoms with E-state index >= 15 is 0 Å². The predicted molar refractivity (Wildman–Crippen MR) is 120 cm³/mol. The van der Waals surface area contributed by atoms with Crippen LogP contribution in [0, 0.1) is 0 Å². The van der Waals surface area contributed by atoms with Crippen molar-refractivity contribution >= 4 is 17.9 Å². The fourth-order valence-electron chi connectivity index (χ4n) is 4.18. The van der Waals surface area contributed by atoms with E-state index < -0.39 is 12.0 Å². The van der Waals surface area contributed by atoms with Gasteiger partial charge in [0.25, 0.3) is 5.91 Å². The highest BCUT2D eigenvalue weighted by Gasteiger charge is 2.34. The number of esters is 1. The molecule has 9 nitrogen and oxygen atoms in total. The average molecular weight is 453 g/mol. The lowest BCUT2D eigenvalue weighted by atomic mass is 9.94. The molecule has 0 unspecified atom stereocenters. The molecule has 2 aliphatic rings. The van der Waals surface area contributed by atoms with Crippen LogP contribution in [0.2, 0.25) is 0 Å². The van der Waals surface area contributed by atoms with Gasteiger partial charge in [-0.05, 0) is 29.7 Å². The standard InChI is InChI=1S/C24H28N4O5/c1-3-16-6-8-17(9-7-16)21-20(23(30)32-2)18(25-24(31)26-21)15-27-10-12-28(13-11-27)22(29)19-5-4-14-33-19/h4-9,14,21H,3,10-13,15H2,1-2H3,(H2,25,26,31)/t21-/m0/s1. The third-order valence-corrected chi connectivity index (χ3v) is 6.05. The summed E-state index contributed by atoms with van der Waals surface area (Å²) >= 11 is 0. The number of rotatable bonds is 6. The maximum atomic E-state index is 12.8. The molecule has 0 radical (unpaired) electrons. The van der Waals surface area contributed by atoms with Gasteiger partial charge in [0.1, 0.15) is 0 Å². The largest absolute Gasteiger partial charge is 0.466 e. The fraction of sp³-hybridized carbons (Fsp3) is 0.375. The van der Waals surface area contributed by atoms with Crippen molar-refractivity contribution in [3.8, 4) is 0 Å². The Bertz CT molecular complexity index is 1040. The number of nitrogens with zero attached hydrogens (tertiary/aromatic N) is 2. The summed E-state index contributed by atoms with van der Waals surface area (Å²) in [4.78, 5) is 41.6. The Kier molecular flexibility index (Phi) is 6.79. The summed E-state index contributed by atoms with van der Waals surface area (Å²) in [5, 5.41) is 5.65. The molecule has 1 atom stereocenters. The van der Waals surface area contributed by atoms with Gasteiger partial charge < -0.3 is 24.7 Å². The van der Waals surface area contributed by atoms with E-state index in [-0.39, 0.29) is 11.9 Å². The second-order valence-electron chi connectivity index (χ2n) is 8.06. The molecule has 0 saturated carbocycles. The summed E-state index contributed by atoms with van der Waals surface area (Å²) in [6.07, 6.45) is 2.38. The first kappa shape index (κ1) is 22.6. The molecule has 1 fully saturated rings. The summed E-state index contributed by atoms with van der Waals surface area (Å²) in [6, 6.07) is 10.2. The summed E-state index contributed by atoms with van der Waals surface area (Å²) in [5.74, 6) is -0.310. The summed E-state index contributed by atoms with van der Waals surface area (Å²) < 4.78 is 10.3. The van der Waals surface area contributed by atoms with Crippen LogP contribution in [0.1, 0.15) is 34.6 Å². The molecule has 2 N–H and O–H groups in total. The Morgan fingerprint density at radius 1 is 1.12 bits per heavy atom. The Morgan fingerprint density at radius 2 is 1.85 bits per heavy atom. The number of aryl methyl sites for hydroxylation is 1. The van der Waals surface area contributed by atoms with Gasteiger partial charge in [0.05, 0.1) is 25.0 Å². The van der Waals surface area contributed by atoms with Gasteiger partial charge >= 0.3 is 12.0 Å². The minimum absolute atomic E-state index is 0.139. The number of methoxy groups -OCH3 is 1. The van der Waals surface area contributed by atoms with Crippen molar-refractivity contribution in [3.63, 3.8) is 0 Å². The van der Waals surface area contributed by atoms with Gasteiger partial charge in [-0.3, -0.25) is 9.69 Å². The van der Waals surface area contributed by atoms with Gasteiger partial charge in [-0.2, -0.15) is 0 Å². The first-order valence-corrected chi connectivity index (χ1v) is 11.0. The zero-order valence-electron chi connectivity index (χ0n) is 18.8. The number of nitrogens with one attached hydrogen (secondary N) is 2. The molecule has 1 aromatic carbocycles. The van der Waals surface area contributed by atoms with E-state index in [1.165, 1.54) is 18.9 Å². The van der Waals surface area contributed by atoms with Crippen LogP contribution < -0.4 is 10.6 Å². The Morgan fingerprint density at radius 3 is 2.45 bits per heavy atom. The zero-order valence-corrected chi connectivity index (χ0v) is 18.8.